The minimum absolute atomic E-state index is 0.469. The largest absolute Gasteiger partial charge is 0.361 e. The van der Waals surface area contributed by atoms with Crippen LogP contribution in [0.3, 0.4) is 0 Å². The van der Waals surface area contributed by atoms with Crippen molar-refractivity contribution in [1.29, 1.82) is 0 Å². The van der Waals surface area contributed by atoms with Crippen molar-refractivity contribution in [3.05, 3.63) is 29.3 Å². The summed E-state index contributed by atoms with van der Waals surface area (Å²) < 4.78 is 4.98. The van der Waals surface area contributed by atoms with Crippen LogP contribution in [0.25, 0.3) is 0 Å². The molecule has 2 rings (SSSR count). The van der Waals surface area contributed by atoms with Crippen LogP contribution in [0.15, 0.2) is 10.6 Å². The molecule has 0 fully saturated rings. The smallest absolute Gasteiger partial charge is 0.245 e. The zero-order valence-corrected chi connectivity index (χ0v) is 9.48. The predicted molar refractivity (Wildman–Crippen MR) is 57.9 cm³/mol. The lowest BCUT2D eigenvalue weighted by Crippen LogP contribution is -2.04. The maximum Gasteiger partial charge on any atom is 0.245 e. The number of hydrogen-bond acceptors (Lipinski definition) is 6. The van der Waals surface area contributed by atoms with E-state index in [1.165, 1.54) is 0 Å². The van der Waals surface area contributed by atoms with Crippen molar-refractivity contribution in [2.75, 3.05) is 5.32 Å². The Morgan fingerprint density at radius 1 is 1.12 bits per heavy atom. The van der Waals surface area contributed by atoms with Crippen LogP contribution >= 0.6 is 0 Å². The zero-order chi connectivity index (χ0) is 11.5. The van der Waals surface area contributed by atoms with Gasteiger partial charge in [-0.05, 0) is 20.8 Å². The van der Waals surface area contributed by atoms with Gasteiger partial charge < -0.3 is 9.84 Å². The summed E-state index contributed by atoms with van der Waals surface area (Å²) in [4.78, 5) is 12.5. The van der Waals surface area contributed by atoms with Crippen molar-refractivity contribution in [3.8, 4) is 0 Å². The van der Waals surface area contributed by atoms with Gasteiger partial charge in [-0.2, -0.15) is 4.98 Å². The van der Waals surface area contributed by atoms with Crippen LogP contribution in [-0.4, -0.2) is 20.1 Å². The highest BCUT2D eigenvalue weighted by Crippen LogP contribution is 2.07. The molecule has 0 amide bonds. The molecule has 0 radical (unpaired) electrons. The minimum Gasteiger partial charge on any atom is -0.361 e. The van der Waals surface area contributed by atoms with Gasteiger partial charge in [0.1, 0.15) is 11.6 Å². The number of rotatable bonds is 3. The second-order valence-electron chi connectivity index (χ2n) is 3.53. The molecule has 1 N–H and O–H groups in total. The number of nitrogens with zero attached hydrogens (tertiary/aromatic N) is 4. The number of aromatic nitrogens is 4. The fourth-order valence-corrected chi connectivity index (χ4v) is 1.39. The summed E-state index contributed by atoms with van der Waals surface area (Å²) in [5, 5.41) is 6.81. The van der Waals surface area contributed by atoms with Crippen LogP contribution in [0.1, 0.15) is 23.2 Å². The fourth-order valence-electron chi connectivity index (χ4n) is 1.39. The molecule has 0 saturated heterocycles. The Kier molecular flexibility index (Phi) is 2.80. The number of aryl methyl sites for hydroxylation is 3. The van der Waals surface area contributed by atoms with Gasteiger partial charge in [-0.1, -0.05) is 5.16 Å². The van der Waals surface area contributed by atoms with Gasteiger partial charge in [-0.15, -0.1) is 0 Å². The zero-order valence-electron chi connectivity index (χ0n) is 9.48. The predicted octanol–water partition coefficient (Wildman–Crippen LogP) is 1.40. The fraction of sp³-hybridized carbons (Fsp3) is 0.400. The van der Waals surface area contributed by atoms with E-state index >= 15 is 0 Å². The summed E-state index contributed by atoms with van der Waals surface area (Å²) in [5.41, 5.74) is 0.928. The Morgan fingerprint density at radius 3 is 2.56 bits per heavy atom. The van der Waals surface area contributed by atoms with Crippen LogP contribution in [0.4, 0.5) is 5.82 Å². The highest BCUT2D eigenvalue weighted by atomic mass is 16.5. The lowest BCUT2D eigenvalue weighted by molar-refractivity contribution is 0.379. The molecule has 0 unspecified atom stereocenters. The first-order chi connectivity index (χ1) is 7.63. The number of hydrogen-bond donors (Lipinski definition) is 1. The average Bonchev–Trinajstić information content (AvgIpc) is 2.60. The van der Waals surface area contributed by atoms with Crippen molar-refractivity contribution < 1.29 is 4.52 Å². The normalized spacial score (nSPS) is 10.4. The molecule has 2 heterocycles. The van der Waals surface area contributed by atoms with Gasteiger partial charge in [-0.3, -0.25) is 0 Å². The summed E-state index contributed by atoms with van der Waals surface area (Å²) >= 11 is 0. The first-order valence-electron chi connectivity index (χ1n) is 4.99. The summed E-state index contributed by atoms with van der Waals surface area (Å²) in [6.07, 6.45) is 0. The average molecular weight is 219 g/mol. The quantitative estimate of drug-likeness (QED) is 0.840. The van der Waals surface area contributed by atoms with Crippen molar-refractivity contribution in [2.45, 2.75) is 27.3 Å². The Hall–Kier alpha value is -1.98. The van der Waals surface area contributed by atoms with Crippen molar-refractivity contribution in [1.82, 2.24) is 20.1 Å². The molecule has 16 heavy (non-hydrogen) atoms. The second-order valence-corrected chi connectivity index (χ2v) is 3.53. The molecule has 84 valence electrons. The van der Waals surface area contributed by atoms with E-state index in [-0.39, 0.29) is 0 Å². The van der Waals surface area contributed by atoms with Gasteiger partial charge >= 0.3 is 0 Å². The van der Waals surface area contributed by atoms with E-state index in [0.29, 0.717) is 18.3 Å². The Morgan fingerprint density at radius 2 is 1.94 bits per heavy atom. The third-order valence-corrected chi connectivity index (χ3v) is 1.96. The van der Waals surface area contributed by atoms with Gasteiger partial charge in [-0.25, -0.2) is 9.97 Å². The first-order valence-corrected chi connectivity index (χ1v) is 4.99. The summed E-state index contributed by atoms with van der Waals surface area (Å²) in [7, 11) is 0. The molecule has 0 aliphatic heterocycles. The molecule has 0 aromatic carbocycles. The molecule has 6 heteroatoms. The highest BCUT2D eigenvalue weighted by Gasteiger charge is 2.03. The van der Waals surface area contributed by atoms with Gasteiger partial charge in [0.2, 0.25) is 5.89 Å². The van der Waals surface area contributed by atoms with Gasteiger partial charge in [0.15, 0.2) is 5.82 Å². The number of nitrogens with one attached hydrogen (secondary N) is 1. The van der Waals surface area contributed by atoms with Gasteiger partial charge in [0.05, 0.1) is 6.54 Å². The van der Waals surface area contributed by atoms with Gasteiger partial charge in [0, 0.05) is 11.8 Å². The molecule has 2 aromatic heterocycles. The summed E-state index contributed by atoms with van der Waals surface area (Å²) in [6, 6.07) is 1.87. The molecule has 0 aliphatic carbocycles. The maximum atomic E-state index is 4.98. The van der Waals surface area contributed by atoms with Crippen LogP contribution < -0.4 is 5.32 Å². The lowest BCUT2D eigenvalue weighted by Gasteiger charge is -2.04. The third kappa shape index (κ3) is 2.53. The van der Waals surface area contributed by atoms with E-state index in [9.17, 15) is 0 Å². The molecular formula is C10H13N5O. The molecule has 0 saturated carbocycles. The maximum absolute atomic E-state index is 4.98. The molecule has 0 spiro atoms. The Labute approximate surface area is 93.1 Å². The lowest BCUT2D eigenvalue weighted by atomic mass is 10.4. The van der Waals surface area contributed by atoms with Crippen LogP contribution in [-0.2, 0) is 6.54 Å². The SMILES string of the molecule is Cc1cc(NCc2nc(C)no2)nc(C)n1. The molecule has 0 atom stereocenters. The second kappa shape index (κ2) is 4.26. The molecule has 6 nitrogen and oxygen atoms in total. The minimum atomic E-state index is 0.469. The van der Waals surface area contributed by atoms with E-state index in [2.05, 4.69) is 25.4 Å². The van der Waals surface area contributed by atoms with Gasteiger partial charge in [0.25, 0.3) is 0 Å². The molecule has 0 aliphatic rings. The number of anilines is 1. The summed E-state index contributed by atoms with van der Waals surface area (Å²) in [6.45, 7) is 6.04. The van der Waals surface area contributed by atoms with Crippen LogP contribution in [0.5, 0.6) is 0 Å². The van der Waals surface area contributed by atoms with Crippen LogP contribution in [0, 0.1) is 20.8 Å². The standard InChI is InChI=1S/C10H13N5O/c1-6-4-9(13-7(2)12-6)11-5-10-14-8(3)15-16-10/h4H,5H2,1-3H3,(H,11,12,13). The van der Waals surface area contributed by atoms with Crippen molar-refractivity contribution in [2.24, 2.45) is 0 Å². The monoisotopic (exact) mass is 219 g/mol. The molecule has 0 bridgehead atoms. The van der Waals surface area contributed by atoms with E-state index in [1.54, 1.807) is 6.92 Å². The molecular weight excluding hydrogens is 206 g/mol. The van der Waals surface area contributed by atoms with E-state index in [4.69, 9.17) is 4.52 Å². The first kappa shape index (κ1) is 10.5. The highest BCUT2D eigenvalue weighted by molar-refractivity contribution is 5.35. The summed E-state index contributed by atoms with van der Waals surface area (Å²) in [5.74, 6) is 2.68. The van der Waals surface area contributed by atoms with Crippen molar-refractivity contribution >= 4 is 5.82 Å². The topological polar surface area (TPSA) is 76.7 Å². The van der Waals surface area contributed by atoms with E-state index in [0.717, 1.165) is 17.3 Å². The Balaban J connectivity index is 2.04. The van der Waals surface area contributed by atoms with E-state index < -0.39 is 0 Å². The van der Waals surface area contributed by atoms with E-state index in [1.807, 2.05) is 19.9 Å². The van der Waals surface area contributed by atoms with Crippen LogP contribution in [0.2, 0.25) is 0 Å². The molecule has 2 aromatic rings. The Bertz CT molecular complexity index is 473. The van der Waals surface area contributed by atoms with Crippen molar-refractivity contribution in [3.63, 3.8) is 0 Å². The third-order valence-electron chi connectivity index (χ3n) is 1.96.